The third-order valence-corrected chi connectivity index (χ3v) is 3.76. The Hall–Kier alpha value is -1.46. The third-order valence-electron chi connectivity index (χ3n) is 3.76. The summed E-state index contributed by atoms with van der Waals surface area (Å²) in [5, 5.41) is 8.51. The summed E-state index contributed by atoms with van der Waals surface area (Å²) >= 11 is 0. The van der Waals surface area contributed by atoms with Crippen molar-refractivity contribution >= 4 is 5.91 Å². The zero-order valence-corrected chi connectivity index (χ0v) is 11.0. The highest BCUT2D eigenvalue weighted by Gasteiger charge is 2.23. The first-order valence-electron chi connectivity index (χ1n) is 6.62. The number of hydrogen-bond donors (Lipinski definition) is 2. The molecule has 1 aromatic carbocycles. The number of benzene rings is 1. The van der Waals surface area contributed by atoms with Gasteiger partial charge in [-0.25, -0.2) is 9.87 Å². The van der Waals surface area contributed by atoms with Gasteiger partial charge in [0, 0.05) is 23.7 Å². The lowest BCUT2D eigenvalue weighted by Crippen LogP contribution is -2.28. The van der Waals surface area contributed by atoms with Gasteiger partial charge >= 0.3 is 0 Å². The quantitative estimate of drug-likeness (QED) is 0.649. The van der Waals surface area contributed by atoms with Crippen LogP contribution in [0.4, 0.5) is 4.39 Å². The molecular weight excluding hydrogens is 247 g/mol. The molecule has 1 amide bonds. The number of carbonyl (C=O) groups excluding carboxylic acids is 1. The maximum Gasteiger partial charge on any atom is 0.274 e. The van der Waals surface area contributed by atoms with Crippen LogP contribution in [0, 0.1) is 5.82 Å². The van der Waals surface area contributed by atoms with Gasteiger partial charge in [0.2, 0.25) is 0 Å². The predicted octanol–water partition coefficient (Wildman–Crippen LogP) is 2.32. The molecule has 1 unspecified atom stereocenters. The van der Waals surface area contributed by atoms with Gasteiger partial charge in [-0.2, -0.15) is 0 Å². The summed E-state index contributed by atoms with van der Waals surface area (Å²) in [6.45, 7) is 3.72. The van der Waals surface area contributed by atoms with Crippen LogP contribution in [0.25, 0.3) is 0 Å². The van der Waals surface area contributed by atoms with E-state index in [0.29, 0.717) is 18.2 Å². The average molecular weight is 266 g/mol. The third kappa shape index (κ3) is 3.11. The van der Waals surface area contributed by atoms with Crippen LogP contribution >= 0.6 is 0 Å². The molecule has 0 aliphatic carbocycles. The van der Waals surface area contributed by atoms with Crippen molar-refractivity contribution in [3.05, 3.63) is 35.1 Å². The summed E-state index contributed by atoms with van der Waals surface area (Å²) in [5.41, 5.74) is 2.22. The van der Waals surface area contributed by atoms with Crippen molar-refractivity contribution in [2.24, 2.45) is 0 Å². The maximum atomic E-state index is 13.9. The molecule has 104 valence electrons. The number of halogens is 1. The highest BCUT2D eigenvalue weighted by Crippen LogP contribution is 2.23. The van der Waals surface area contributed by atoms with Gasteiger partial charge in [-0.3, -0.25) is 14.9 Å². The molecule has 19 heavy (non-hydrogen) atoms. The first-order chi connectivity index (χ1) is 9.15. The Morgan fingerprint density at radius 2 is 2.37 bits per heavy atom. The van der Waals surface area contributed by atoms with Gasteiger partial charge in [0.25, 0.3) is 5.91 Å². The minimum atomic E-state index is -0.696. The molecule has 1 aliphatic heterocycles. The van der Waals surface area contributed by atoms with E-state index < -0.39 is 11.7 Å². The second-order valence-electron chi connectivity index (χ2n) is 4.92. The summed E-state index contributed by atoms with van der Waals surface area (Å²) in [7, 11) is 0. The second-order valence-corrected chi connectivity index (χ2v) is 4.92. The number of nitrogens with one attached hydrogen (secondary N) is 1. The Morgan fingerprint density at radius 1 is 1.58 bits per heavy atom. The Bertz CT molecular complexity index is 465. The van der Waals surface area contributed by atoms with Crippen LogP contribution in [-0.2, 0) is 6.54 Å². The van der Waals surface area contributed by atoms with E-state index in [0.717, 1.165) is 25.5 Å². The van der Waals surface area contributed by atoms with E-state index in [-0.39, 0.29) is 5.56 Å². The Kier molecular flexibility index (Phi) is 4.50. The van der Waals surface area contributed by atoms with E-state index in [1.54, 1.807) is 6.07 Å². The van der Waals surface area contributed by atoms with Crippen molar-refractivity contribution < 1.29 is 14.4 Å². The molecule has 1 atom stereocenters. The normalized spacial score (nSPS) is 19.6. The molecule has 4 nitrogen and oxygen atoms in total. The Morgan fingerprint density at radius 3 is 3.00 bits per heavy atom. The van der Waals surface area contributed by atoms with Gasteiger partial charge in [0.1, 0.15) is 5.82 Å². The fourth-order valence-electron chi connectivity index (χ4n) is 2.67. The van der Waals surface area contributed by atoms with Crippen LogP contribution in [-0.4, -0.2) is 28.6 Å². The van der Waals surface area contributed by atoms with Gasteiger partial charge < -0.3 is 0 Å². The standard InChI is InChI=1S/C14H19FN2O2/c1-2-12-4-3-7-17(12)9-11-6-5-10(8-13(11)15)14(18)16-19/h5-6,8,12,19H,2-4,7,9H2,1H3,(H,16,18). The number of hydroxylamine groups is 1. The van der Waals surface area contributed by atoms with E-state index in [9.17, 15) is 9.18 Å². The highest BCUT2D eigenvalue weighted by atomic mass is 19.1. The topological polar surface area (TPSA) is 52.6 Å². The van der Waals surface area contributed by atoms with E-state index in [1.165, 1.54) is 18.0 Å². The van der Waals surface area contributed by atoms with Crippen LogP contribution in [0.15, 0.2) is 18.2 Å². The van der Waals surface area contributed by atoms with Gasteiger partial charge in [-0.05, 0) is 37.9 Å². The van der Waals surface area contributed by atoms with Gasteiger partial charge in [-0.1, -0.05) is 13.0 Å². The van der Waals surface area contributed by atoms with Crippen molar-refractivity contribution in [3.63, 3.8) is 0 Å². The molecule has 1 aromatic rings. The summed E-state index contributed by atoms with van der Waals surface area (Å²) in [6.07, 6.45) is 3.40. The predicted molar refractivity (Wildman–Crippen MR) is 69.4 cm³/mol. The van der Waals surface area contributed by atoms with E-state index >= 15 is 0 Å². The number of carbonyl (C=O) groups is 1. The maximum absolute atomic E-state index is 13.9. The fourth-order valence-corrected chi connectivity index (χ4v) is 2.67. The number of nitrogens with zero attached hydrogens (tertiary/aromatic N) is 1. The molecule has 2 rings (SSSR count). The molecule has 0 aromatic heterocycles. The monoisotopic (exact) mass is 266 g/mol. The minimum absolute atomic E-state index is 0.122. The number of amides is 1. The second kappa shape index (κ2) is 6.12. The zero-order chi connectivity index (χ0) is 13.8. The highest BCUT2D eigenvalue weighted by molar-refractivity contribution is 5.93. The Labute approximate surface area is 112 Å². The average Bonchev–Trinajstić information content (AvgIpc) is 2.87. The molecule has 1 saturated heterocycles. The lowest BCUT2D eigenvalue weighted by molar-refractivity contribution is 0.0706. The molecule has 1 heterocycles. The van der Waals surface area contributed by atoms with Crippen LogP contribution in [0.3, 0.4) is 0 Å². The Balaban J connectivity index is 2.11. The number of likely N-dealkylation sites (tertiary alicyclic amines) is 1. The fraction of sp³-hybridized carbons (Fsp3) is 0.500. The van der Waals surface area contributed by atoms with Gasteiger partial charge in [0.05, 0.1) is 0 Å². The van der Waals surface area contributed by atoms with Crippen LogP contribution in [0.2, 0.25) is 0 Å². The molecule has 5 heteroatoms. The van der Waals surface area contributed by atoms with Crippen LogP contribution in [0.5, 0.6) is 0 Å². The summed E-state index contributed by atoms with van der Waals surface area (Å²) in [4.78, 5) is 13.5. The summed E-state index contributed by atoms with van der Waals surface area (Å²) in [6, 6.07) is 4.84. The van der Waals surface area contributed by atoms with Crippen molar-refractivity contribution in [3.8, 4) is 0 Å². The minimum Gasteiger partial charge on any atom is -0.296 e. The van der Waals surface area contributed by atoms with Crippen molar-refractivity contribution in [1.82, 2.24) is 10.4 Å². The van der Waals surface area contributed by atoms with Crippen molar-refractivity contribution in [1.29, 1.82) is 0 Å². The first-order valence-corrected chi connectivity index (χ1v) is 6.62. The first kappa shape index (κ1) is 14.0. The lowest BCUT2D eigenvalue weighted by Gasteiger charge is -2.23. The number of hydrogen-bond acceptors (Lipinski definition) is 3. The lowest BCUT2D eigenvalue weighted by atomic mass is 10.1. The van der Waals surface area contributed by atoms with Crippen molar-refractivity contribution in [2.45, 2.75) is 38.8 Å². The van der Waals surface area contributed by atoms with Gasteiger partial charge in [0.15, 0.2) is 0 Å². The van der Waals surface area contributed by atoms with E-state index in [4.69, 9.17) is 5.21 Å². The summed E-state index contributed by atoms with van der Waals surface area (Å²) in [5.74, 6) is -1.10. The van der Waals surface area contributed by atoms with Crippen LogP contribution in [0.1, 0.15) is 42.1 Å². The molecular formula is C14H19FN2O2. The van der Waals surface area contributed by atoms with Crippen LogP contribution < -0.4 is 5.48 Å². The molecule has 0 radical (unpaired) electrons. The molecule has 2 N–H and O–H groups in total. The largest absolute Gasteiger partial charge is 0.296 e. The molecule has 0 bridgehead atoms. The SMILES string of the molecule is CCC1CCCN1Cc1ccc(C(=O)NO)cc1F. The molecule has 0 saturated carbocycles. The summed E-state index contributed by atoms with van der Waals surface area (Å²) < 4.78 is 13.9. The van der Waals surface area contributed by atoms with E-state index in [1.807, 2.05) is 0 Å². The zero-order valence-electron chi connectivity index (χ0n) is 11.0. The molecule has 1 aliphatic rings. The number of rotatable bonds is 4. The van der Waals surface area contributed by atoms with E-state index in [2.05, 4.69) is 11.8 Å². The van der Waals surface area contributed by atoms with Crippen molar-refractivity contribution in [2.75, 3.05) is 6.54 Å². The molecule has 1 fully saturated rings. The smallest absolute Gasteiger partial charge is 0.274 e. The van der Waals surface area contributed by atoms with Gasteiger partial charge in [-0.15, -0.1) is 0 Å². The molecule has 0 spiro atoms.